The Balaban J connectivity index is 2.55. The van der Waals surface area contributed by atoms with Gasteiger partial charge in [0.05, 0.1) is 18.1 Å². The molecule has 0 aliphatic carbocycles. The summed E-state index contributed by atoms with van der Waals surface area (Å²) in [6.07, 6.45) is 3.97. The monoisotopic (exact) mass is 181 g/mol. The van der Waals surface area contributed by atoms with Crippen LogP contribution >= 0.6 is 0 Å². The summed E-state index contributed by atoms with van der Waals surface area (Å²) < 4.78 is 4.83. The lowest BCUT2D eigenvalue weighted by Gasteiger charge is -2.08. The van der Waals surface area contributed by atoms with E-state index in [0.29, 0.717) is 5.69 Å². The zero-order valence-electron chi connectivity index (χ0n) is 7.52. The third-order valence-corrected chi connectivity index (χ3v) is 1.55. The van der Waals surface area contributed by atoms with Gasteiger partial charge in [-0.25, -0.2) is 9.97 Å². The second-order valence-corrected chi connectivity index (χ2v) is 2.49. The molecule has 5 heteroatoms. The highest BCUT2D eigenvalue weighted by atomic mass is 16.5. The molecule has 0 aromatic carbocycles. The molecule has 1 aromatic heterocycles. The fourth-order valence-electron chi connectivity index (χ4n) is 0.715. The molecule has 0 saturated carbocycles. The highest BCUT2D eigenvalue weighted by molar-refractivity contribution is 5.93. The highest BCUT2D eigenvalue weighted by Gasteiger charge is 2.10. The van der Waals surface area contributed by atoms with Gasteiger partial charge in [0.1, 0.15) is 12.4 Å². The number of nitrogens with one attached hydrogen (secondary N) is 1. The topological polar surface area (TPSA) is 64.1 Å². The van der Waals surface area contributed by atoms with Crippen LogP contribution in [0.2, 0.25) is 0 Å². The molecule has 0 bridgehead atoms. The number of amides is 1. The number of rotatable bonds is 3. The first-order valence-electron chi connectivity index (χ1n) is 3.82. The summed E-state index contributed by atoms with van der Waals surface area (Å²) in [6.45, 7) is 1.67. The van der Waals surface area contributed by atoms with Gasteiger partial charge in [0, 0.05) is 7.11 Å². The fourth-order valence-corrected chi connectivity index (χ4v) is 0.715. The third kappa shape index (κ3) is 2.79. The van der Waals surface area contributed by atoms with Gasteiger partial charge >= 0.3 is 0 Å². The molecule has 0 aliphatic heterocycles. The summed E-state index contributed by atoms with van der Waals surface area (Å²) in [4.78, 5) is 18.8. The maximum atomic E-state index is 11.3. The summed E-state index contributed by atoms with van der Waals surface area (Å²) in [5, 5.41) is 2.60. The van der Waals surface area contributed by atoms with Crippen molar-refractivity contribution in [1.29, 1.82) is 0 Å². The van der Waals surface area contributed by atoms with Crippen LogP contribution < -0.4 is 5.32 Å². The molecule has 0 spiro atoms. The molecule has 1 unspecified atom stereocenters. The minimum absolute atomic E-state index is 0.211. The van der Waals surface area contributed by atoms with Gasteiger partial charge in [0.2, 0.25) is 0 Å². The molecule has 5 nitrogen and oxygen atoms in total. The molecular formula is C8H11N3O2. The predicted molar refractivity (Wildman–Crippen MR) is 47.1 cm³/mol. The first-order valence-corrected chi connectivity index (χ1v) is 3.82. The number of aromatic nitrogens is 2. The minimum Gasteiger partial charge on any atom is -0.372 e. The van der Waals surface area contributed by atoms with Gasteiger partial charge in [-0.2, -0.15) is 0 Å². The second-order valence-electron chi connectivity index (χ2n) is 2.49. The number of anilines is 1. The van der Waals surface area contributed by atoms with E-state index in [-0.39, 0.29) is 5.91 Å². The van der Waals surface area contributed by atoms with Crippen LogP contribution in [-0.2, 0) is 9.53 Å². The molecule has 0 radical (unpaired) electrons. The van der Waals surface area contributed by atoms with Crippen LogP contribution in [-0.4, -0.2) is 29.1 Å². The standard InChI is InChI=1S/C8H11N3O2/c1-6(13-2)8(12)11-7-3-9-5-10-4-7/h3-6H,1-2H3,(H,11,12). The molecule has 13 heavy (non-hydrogen) atoms. The maximum absolute atomic E-state index is 11.3. The van der Waals surface area contributed by atoms with Crippen molar-refractivity contribution in [2.75, 3.05) is 12.4 Å². The van der Waals surface area contributed by atoms with Crippen molar-refractivity contribution in [2.45, 2.75) is 13.0 Å². The van der Waals surface area contributed by atoms with Crippen LogP contribution in [0.5, 0.6) is 0 Å². The normalized spacial score (nSPS) is 12.2. The van der Waals surface area contributed by atoms with Crippen LogP contribution in [0, 0.1) is 0 Å². The molecular weight excluding hydrogens is 170 g/mol. The van der Waals surface area contributed by atoms with Crippen molar-refractivity contribution in [3.05, 3.63) is 18.7 Å². The molecule has 0 saturated heterocycles. The van der Waals surface area contributed by atoms with E-state index >= 15 is 0 Å². The van der Waals surface area contributed by atoms with E-state index < -0.39 is 6.10 Å². The third-order valence-electron chi connectivity index (χ3n) is 1.55. The summed E-state index contributed by atoms with van der Waals surface area (Å²) in [5.74, 6) is -0.211. The Kier molecular flexibility index (Phi) is 3.33. The van der Waals surface area contributed by atoms with E-state index in [0.717, 1.165) is 0 Å². The summed E-state index contributed by atoms with van der Waals surface area (Å²) in [7, 11) is 1.48. The molecule has 1 heterocycles. The number of hydrogen-bond donors (Lipinski definition) is 1. The summed E-state index contributed by atoms with van der Waals surface area (Å²) >= 11 is 0. The molecule has 0 fully saturated rings. The average Bonchev–Trinajstić information content (AvgIpc) is 2.18. The number of methoxy groups -OCH3 is 1. The van der Waals surface area contributed by atoms with Gasteiger partial charge in [0.25, 0.3) is 5.91 Å². The van der Waals surface area contributed by atoms with Crippen molar-refractivity contribution >= 4 is 11.6 Å². The van der Waals surface area contributed by atoms with Crippen LogP contribution in [0.25, 0.3) is 0 Å². The molecule has 1 aromatic rings. The van der Waals surface area contributed by atoms with Gasteiger partial charge in [0.15, 0.2) is 0 Å². The largest absolute Gasteiger partial charge is 0.372 e. The summed E-state index contributed by atoms with van der Waals surface area (Å²) in [5.41, 5.74) is 0.566. The zero-order chi connectivity index (χ0) is 9.68. The van der Waals surface area contributed by atoms with E-state index in [1.165, 1.54) is 25.8 Å². The first kappa shape index (κ1) is 9.60. The van der Waals surface area contributed by atoms with E-state index in [1.54, 1.807) is 6.92 Å². The van der Waals surface area contributed by atoms with Crippen LogP contribution in [0.4, 0.5) is 5.69 Å². The maximum Gasteiger partial charge on any atom is 0.253 e. The first-order chi connectivity index (χ1) is 6.24. The quantitative estimate of drug-likeness (QED) is 0.735. The molecule has 70 valence electrons. The van der Waals surface area contributed by atoms with Gasteiger partial charge in [-0.15, -0.1) is 0 Å². The average molecular weight is 181 g/mol. The van der Waals surface area contributed by atoms with Crippen LogP contribution in [0.1, 0.15) is 6.92 Å². The summed E-state index contributed by atoms with van der Waals surface area (Å²) in [6, 6.07) is 0. The van der Waals surface area contributed by atoms with E-state index in [4.69, 9.17) is 4.74 Å². The van der Waals surface area contributed by atoms with Crippen molar-refractivity contribution < 1.29 is 9.53 Å². The molecule has 1 atom stereocenters. The molecule has 1 amide bonds. The second kappa shape index (κ2) is 4.51. The Bertz CT molecular complexity index is 276. The Morgan fingerprint density at radius 2 is 2.15 bits per heavy atom. The van der Waals surface area contributed by atoms with Gasteiger partial charge in [-0.05, 0) is 6.92 Å². The smallest absolute Gasteiger partial charge is 0.253 e. The van der Waals surface area contributed by atoms with Crippen molar-refractivity contribution in [2.24, 2.45) is 0 Å². The molecule has 0 aliphatic rings. The lowest BCUT2D eigenvalue weighted by molar-refractivity contribution is -0.124. The Labute approximate surface area is 76.2 Å². The number of carbonyl (C=O) groups is 1. The van der Waals surface area contributed by atoms with E-state index in [2.05, 4.69) is 15.3 Å². The van der Waals surface area contributed by atoms with Gasteiger partial charge in [-0.1, -0.05) is 0 Å². The SMILES string of the molecule is COC(C)C(=O)Nc1cncnc1. The molecule has 1 rings (SSSR count). The number of hydrogen-bond acceptors (Lipinski definition) is 4. The zero-order valence-corrected chi connectivity index (χ0v) is 7.52. The lowest BCUT2D eigenvalue weighted by atomic mass is 10.3. The van der Waals surface area contributed by atoms with Gasteiger partial charge in [-0.3, -0.25) is 4.79 Å². The lowest BCUT2D eigenvalue weighted by Crippen LogP contribution is -2.26. The highest BCUT2D eigenvalue weighted by Crippen LogP contribution is 2.01. The van der Waals surface area contributed by atoms with Crippen LogP contribution in [0.3, 0.4) is 0 Å². The minimum atomic E-state index is -0.472. The van der Waals surface area contributed by atoms with Crippen molar-refractivity contribution in [3.63, 3.8) is 0 Å². The van der Waals surface area contributed by atoms with E-state index in [9.17, 15) is 4.79 Å². The van der Waals surface area contributed by atoms with Crippen LogP contribution in [0.15, 0.2) is 18.7 Å². The molecule has 1 N–H and O–H groups in total. The van der Waals surface area contributed by atoms with Crippen molar-refractivity contribution in [1.82, 2.24) is 9.97 Å². The predicted octanol–water partition coefficient (Wildman–Crippen LogP) is 0.450. The number of ether oxygens (including phenoxy) is 1. The fraction of sp³-hybridized carbons (Fsp3) is 0.375. The number of carbonyl (C=O) groups excluding carboxylic acids is 1. The Morgan fingerprint density at radius 3 is 2.69 bits per heavy atom. The Hall–Kier alpha value is -1.49. The number of nitrogens with zero attached hydrogens (tertiary/aromatic N) is 2. The van der Waals surface area contributed by atoms with Gasteiger partial charge < -0.3 is 10.1 Å². The Morgan fingerprint density at radius 1 is 1.54 bits per heavy atom. The van der Waals surface area contributed by atoms with E-state index in [1.807, 2.05) is 0 Å². The van der Waals surface area contributed by atoms with Crippen molar-refractivity contribution in [3.8, 4) is 0 Å².